The Hall–Kier alpha value is -1.38. The van der Waals surface area contributed by atoms with E-state index in [1.165, 1.54) is 19.3 Å². The summed E-state index contributed by atoms with van der Waals surface area (Å²) >= 11 is 0. The predicted molar refractivity (Wildman–Crippen MR) is 141 cm³/mol. The molecular formula is C29H49N3O5. The van der Waals surface area contributed by atoms with Crippen LogP contribution < -0.4 is 11.1 Å². The molecule has 9 atom stereocenters. The van der Waals surface area contributed by atoms with Crippen molar-refractivity contribution in [3.8, 4) is 0 Å². The molecule has 210 valence electrons. The number of carboxylic acids is 1. The minimum atomic E-state index is -0.678. The van der Waals surface area contributed by atoms with E-state index >= 15 is 0 Å². The van der Waals surface area contributed by atoms with Gasteiger partial charge < -0.3 is 30.9 Å². The molecule has 0 aromatic heterocycles. The Morgan fingerprint density at radius 2 is 1.78 bits per heavy atom. The van der Waals surface area contributed by atoms with Crippen LogP contribution in [0.2, 0.25) is 0 Å². The van der Waals surface area contributed by atoms with Crippen molar-refractivity contribution >= 4 is 12.1 Å². The van der Waals surface area contributed by atoms with E-state index in [1.54, 1.807) is 0 Å². The third kappa shape index (κ3) is 4.80. The quantitative estimate of drug-likeness (QED) is 0.421. The highest BCUT2D eigenvalue weighted by Crippen LogP contribution is 2.68. The molecule has 4 saturated carbocycles. The van der Waals surface area contributed by atoms with Crippen molar-refractivity contribution in [1.82, 2.24) is 10.2 Å². The van der Waals surface area contributed by atoms with Gasteiger partial charge in [0.1, 0.15) is 6.10 Å². The topological polar surface area (TPSA) is 125 Å². The maximum atomic E-state index is 12.5. The van der Waals surface area contributed by atoms with E-state index in [2.05, 4.69) is 24.1 Å². The average Bonchev–Trinajstić information content (AvgIpc) is 3.15. The second kappa shape index (κ2) is 10.3. The van der Waals surface area contributed by atoms with Gasteiger partial charge in [-0.1, -0.05) is 20.3 Å². The molecule has 8 nitrogen and oxygen atoms in total. The largest absolute Gasteiger partial charge is 0.481 e. The molecule has 1 aliphatic heterocycles. The zero-order valence-electron chi connectivity index (χ0n) is 22.9. The predicted octanol–water partition coefficient (Wildman–Crippen LogP) is 3.75. The van der Waals surface area contributed by atoms with Crippen molar-refractivity contribution < 1.29 is 24.5 Å². The lowest BCUT2D eigenvalue weighted by molar-refractivity contribution is -0.157. The van der Waals surface area contributed by atoms with Gasteiger partial charge in [0, 0.05) is 18.6 Å². The van der Waals surface area contributed by atoms with Crippen LogP contribution in [0.5, 0.6) is 0 Å². The minimum Gasteiger partial charge on any atom is -0.481 e. The molecule has 4 aliphatic carbocycles. The first-order chi connectivity index (χ1) is 17.6. The molecule has 5 N–H and O–H groups in total. The first kappa shape index (κ1) is 27.2. The Balaban J connectivity index is 1.14. The summed E-state index contributed by atoms with van der Waals surface area (Å²) < 4.78 is 5.84. The number of piperidine rings is 1. The van der Waals surface area contributed by atoms with Crippen LogP contribution in [-0.2, 0) is 9.53 Å². The van der Waals surface area contributed by atoms with Crippen LogP contribution in [0.15, 0.2) is 0 Å². The number of carboxylic acid groups (broad SMARTS) is 1. The Morgan fingerprint density at radius 3 is 2.51 bits per heavy atom. The Kier molecular flexibility index (Phi) is 7.58. The number of carbonyl (C=O) groups excluding carboxylic acids is 1. The number of ether oxygens (including phenoxy) is 1. The number of aliphatic hydroxyl groups excluding tert-OH is 1. The van der Waals surface area contributed by atoms with Gasteiger partial charge in [0.05, 0.1) is 12.0 Å². The number of amides is 1. The van der Waals surface area contributed by atoms with E-state index in [0.717, 1.165) is 64.5 Å². The molecule has 0 aromatic rings. The molecule has 1 heterocycles. The van der Waals surface area contributed by atoms with Gasteiger partial charge in [0.2, 0.25) is 0 Å². The maximum absolute atomic E-state index is 12.5. The van der Waals surface area contributed by atoms with Crippen LogP contribution in [0.3, 0.4) is 0 Å². The summed E-state index contributed by atoms with van der Waals surface area (Å²) in [5.41, 5.74) is 6.66. The van der Waals surface area contributed by atoms with E-state index < -0.39 is 23.7 Å². The first-order valence-corrected chi connectivity index (χ1v) is 14.9. The number of alkyl carbamates (subject to hydrolysis) is 1. The fourth-order valence-electron chi connectivity index (χ4n) is 9.69. The van der Waals surface area contributed by atoms with Gasteiger partial charge >= 0.3 is 12.1 Å². The summed E-state index contributed by atoms with van der Waals surface area (Å²) in [6.07, 6.45) is 10.9. The molecule has 0 radical (unpaired) electrons. The molecule has 1 amide bonds. The van der Waals surface area contributed by atoms with Crippen molar-refractivity contribution in [3.05, 3.63) is 0 Å². The first-order valence-electron chi connectivity index (χ1n) is 14.9. The maximum Gasteiger partial charge on any atom is 0.407 e. The van der Waals surface area contributed by atoms with Crippen molar-refractivity contribution in [2.24, 2.45) is 40.2 Å². The van der Waals surface area contributed by atoms with E-state index in [1.807, 2.05) is 0 Å². The van der Waals surface area contributed by atoms with E-state index in [0.29, 0.717) is 30.7 Å². The molecule has 5 rings (SSSR count). The fraction of sp³-hybridized carbons (Fsp3) is 0.931. The van der Waals surface area contributed by atoms with Crippen molar-refractivity contribution in [1.29, 1.82) is 0 Å². The molecule has 5 aliphatic rings. The van der Waals surface area contributed by atoms with Crippen molar-refractivity contribution in [3.63, 3.8) is 0 Å². The van der Waals surface area contributed by atoms with Crippen LogP contribution in [0.25, 0.3) is 0 Å². The lowest BCUT2D eigenvalue weighted by Crippen LogP contribution is -2.66. The van der Waals surface area contributed by atoms with Crippen LogP contribution in [0, 0.1) is 34.5 Å². The third-order valence-electron chi connectivity index (χ3n) is 11.9. The standard InChI is InChI=1S/C29H49N3O5/c1-27-11-8-21(37-26(36)31-17-20(33)18-32-14-4-3-5-15-32)16-19(27)6-7-23-22(27)9-12-28(2)24(25(34)35)10-13-29(23,28)30/h19-24,33H,3-18,30H2,1-2H3,(H,31,36)(H,34,35)/t19-,20?,21+,22+,23-,24-,27+,28-,29+/m1/s1. The van der Waals surface area contributed by atoms with Gasteiger partial charge in [-0.3, -0.25) is 4.79 Å². The highest BCUT2D eigenvalue weighted by atomic mass is 16.6. The number of aliphatic carboxylic acids is 1. The minimum absolute atomic E-state index is 0.0857. The molecule has 1 saturated heterocycles. The Morgan fingerprint density at radius 1 is 1.03 bits per heavy atom. The fourth-order valence-corrected chi connectivity index (χ4v) is 9.69. The van der Waals surface area contributed by atoms with Crippen LogP contribution in [0.1, 0.15) is 90.9 Å². The van der Waals surface area contributed by atoms with Crippen LogP contribution in [-0.4, -0.2) is 71.1 Å². The summed E-state index contributed by atoms with van der Waals surface area (Å²) in [5.74, 6) is 0.373. The number of fused-ring (bicyclic) bond motifs is 5. The smallest absolute Gasteiger partial charge is 0.407 e. The van der Waals surface area contributed by atoms with E-state index in [4.69, 9.17) is 10.5 Å². The van der Waals surface area contributed by atoms with Gasteiger partial charge in [-0.05, 0) is 112 Å². The van der Waals surface area contributed by atoms with Gasteiger partial charge in [0.15, 0.2) is 0 Å². The van der Waals surface area contributed by atoms with E-state index in [-0.39, 0.29) is 29.4 Å². The second-order valence-corrected chi connectivity index (χ2v) is 13.6. The number of β-amino-alcohol motifs (C(OH)–C–C–N with tert-alkyl or cyclic N) is 1. The summed E-state index contributed by atoms with van der Waals surface area (Å²) in [5, 5.41) is 23.0. The number of nitrogens with one attached hydrogen (secondary N) is 1. The van der Waals surface area contributed by atoms with Crippen LogP contribution in [0.4, 0.5) is 4.79 Å². The summed E-state index contributed by atoms with van der Waals surface area (Å²) in [4.78, 5) is 26.8. The normalized spacial score (nSPS) is 44.7. The zero-order chi connectivity index (χ0) is 26.4. The molecular weight excluding hydrogens is 470 g/mol. The summed E-state index contributed by atoms with van der Waals surface area (Å²) in [6.45, 7) is 7.45. The molecule has 1 unspecified atom stereocenters. The lowest BCUT2D eigenvalue weighted by Gasteiger charge is -2.64. The summed E-state index contributed by atoms with van der Waals surface area (Å²) in [7, 11) is 0. The molecule has 5 fully saturated rings. The molecule has 37 heavy (non-hydrogen) atoms. The zero-order valence-corrected chi connectivity index (χ0v) is 22.9. The molecule has 0 aromatic carbocycles. The second-order valence-electron chi connectivity index (χ2n) is 13.6. The number of hydrogen-bond acceptors (Lipinski definition) is 6. The van der Waals surface area contributed by atoms with Crippen LogP contribution >= 0.6 is 0 Å². The average molecular weight is 520 g/mol. The number of hydrogen-bond donors (Lipinski definition) is 4. The number of aliphatic hydroxyl groups is 1. The molecule has 8 heteroatoms. The number of likely N-dealkylation sites (tertiary alicyclic amines) is 1. The number of rotatable bonds is 6. The summed E-state index contributed by atoms with van der Waals surface area (Å²) in [6, 6.07) is 0. The van der Waals surface area contributed by atoms with E-state index in [9.17, 15) is 19.8 Å². The van der Waals surface area contributed by atoms with Gasteiger partial charge in [-0.25, -0.2) is 4.79 Å². The van der Waals surface area contributed by atoms with Crippen molar-refractivity contribution in [2.45, 2.75) is 109 Å². The Labute approximate surface area is 222 Å². The molecule has 0 spiro atoms. The number of carbonyl (C=O) groups is 2. The number of nitrogens with zero attached hydrogens (tertiary/aromatic N) is 1. The van der Waals surface area contributed by atoms with Gasteiger partial charge in [-0.2, -0.15) is 0 Å². The highest BCUT2D eigenvalue weighted by Gasteiger charge is 2.67. The third-order valence-corrected chi connectivity index (χ3v) is 11.9. The Bertz CT molecular complexity index is 864. The lowest BCUT2D eigenvalue weighted by atomic mass is 9.42. The SMILES string of the molecule is C[C@]12CC[C@H](OC(=O)NCC(O)CN3CCCCC3)C[C@H]1CC[C@@H]1[C@@H]2CC[C@]2(C)[C@@H](C(=O)O)CC[C@]12N. The van der Waals surface area contributed by atoms with Gasteiger partial charge in [0.25, 0.3) is 0 Å². The van der Waals surface area contributed by atoms with Gasteiger partial charge in [-0.15, -0.1) is 0 Å². The number of nitrogens with two attached hydrogens (primary N) is 1. The monoisotopic (exact) mass is 519 g/mol. The van der Waals surface area contributed by atoms with Crippen molar-refractivity contribution in [2.75, 3.05) is 26.2 Å². The highest BCUT2D eigenvalue weighted by molar-refractivity contribution is 5.72. The molecule has 0 bridgehead atoms.